The van der Waals surface area contributed by atoms with Gasteiger partial charge in [0.1, 0.15) is 12.6 Å². The van der Waals surface area contributed by atoms with Crippen LogP contribution in [0.25, 0.3) is 0 Å². The molecule has 9 nitrogen and oxygen atoms in total. The lowest BCUT2D eigenvalue weighted by atomic mass is 9.97. The topological polar surface area (TPSA) is 122 Å². The summed E-state index contributed by atoms with van der Waals surface area (Å²) in [7, 11) is -7.68. The van der Waals surface area contributed by atoms with E-state index in [-0.39, 0.29) is 24.5 Å². The van der Waals surface area contributed by atoms with E-state index in [1.807, 2.05) is 73.7 Å². The van der Waals surface area contributed by atoms with E-state index in [9.17, 15) is 23.1 Å². The summed E-state index contributed by atoms with van der Waals surface area (Å²) in [4.78, 5) is 26.9. The van der Waals surface area contributed by atoms with Crippen molar-refractivity contribution in [2.24, 2.45) is 0 Å². The van der Waals surface area contributed by atoms with E-state index in [2.05, 4.69) is 26.1 Å². The van der Waals surface area contributed by atoms with Gasteiger partial charge in [0.2, 0.25) is 0 Å². The number of aliphatic hydroxyl groups is 1. The van der Waals surface area contributed by atoms with Gasteiger partial charge < -0.3 is 19.6 Å². The molecule has 1 aliphatic heterocycles. The second-order valence-corrected chi connectivity index (χ2v) is 19.2. The van der Waals surface area contributed by atoms with Crippen molar-refractivity contribution in [1.82, 2.24) is 9.62 Å². The van der Waals surface area contributed by atoms with Crippen molar-refractivity contribution in [2.75, 3.05) is 6.61 Å². The fourth-order valence-electron chi connectivity index (χ4n) is 6.27. The van der Waals surface area contributed by atoms with Crippen LogP contribution in [0.5, 0.6) is 0 Å². The number of sulfonamides is 1. The number of carbonyl (C=O) groups excluding carboxylic acids is 2. The molecule has 48 heavy (non-hydrogen) atoms. The molecule has 2 N–H and O–H groups in total. The molecule has 0 unspecified atom stereocenters. The first-order chi connectivity index (χ1) is 22.8. The number of nitrogens with zero attached hydrogens (tertiary/aromatic N) is 1. The molecule has 0 aliphatic carbocycles. The van der Waals surface area contributed by atoms with Gasteiger partial charge >= 0.3 is 6.09 Å². The molecule has 5 rings (SSSR count). The van der Waals surface area contributed by atoms with E-state index < -0.39 is 53.6 Å². The van der Waals surface area contributed by atoms with Crippen molar-refractivity contribution < 1.29 is 32.3 Å². The van der Waals surface area contributed by atoms with Crippen LogP contribution in [0, 0.1) is 6.92 Å². The predicted octanol–water partition coefficient (Wildman–Crippen LogP) is 4.52. The highest BCUT2D eigenvalue weighted by Gasteiger charge is 2.53. The monoisotopic (exact) mass is 686 g/mol. The number of alkyl carbamates (subject to hydrolysis) is 1. The average molecular weight is 687 g/mol. The number of hydrogen-bond donors (Lipinski definition) is 2. The molecular formula is C37H42N2O7SSi. The number of nitrogens with one attached hydrogen (secondary N) is 1. The van der Waals surface area contributed by atoms with Crippen LogP contribution in [0.1, 0.15) is 38.3 Å². The lowest BCUT2D eigenvalue weighted by molar-refractivity contribution is -0.138. The quantitative estimate of drug-likeness (QED) is 0.236. The Hall–Kier alpha value is -4.29. The number of hydrogen-bond acceptors (Lipinski definition) is 7. The Morgan fingerprint density at radius 2 is 1.40 bits per heavy atom. The number of carbonyl (C=O) groups is 2. The van der Waals surface area contributed by atoms with Gasteiger partial charge in [0.25, 0.3) is 24.2 Å². The molecule has 4 aromatic rings. The van der Waals surface area contributed by atoms with Crippen molar-refractivity contribution in [1.29, 1.82) is 0 Å². The summed E-state index contributed by atoms with van der Waals surface area (Å²) in [5, 5.41) is 15.6. The molecule has 11 heteroatoms. The number of amides is 2. The maximum absolute atomic E-state index is 14.3. The minimum Gasteiger partial charge on any atom is -0.445 e. The Balaban J connectivity index is 1.51. The molecular weight excluding hydrogens is 645 g/mol. The van der Waals surface area contributed by atoms with Crippen LogP contribution < -0.4 is 15.7 Å². The highest BCUT2D eigenvalue weighted by atomic mass is 32.2. The summed E-state index contributed by atoms with van der Waals surface area (Å²) in [6.07, 6.45) is -2.49. The van der Waals surface area contributed by atoms with Crippen LogP contribution in [-0.4, -0.2) is 62.9 Å². The zero-order valence-corrected chi connectivity index (χ0v) is 29.4. The third-order valence-electron chi connectivity index (χ3n) is 8.71. The molecule has 2 amide bonds. The molecule has 0 spiro atoms. The Morgan fingerprint density at radius 3 is 1.92 bits per heavy atom. The first kappa shape index (κ1) is 35.0. The van der Waals surface area contributed by atoms with Gasteiger partial charge in [-0.15, -0.1) is 0 Å². The van der Waals surface area contributed by atoms with Gasteiger partial charge in [-0.2, -0.15) is 0 Å². The summed E-state index contributed by atoms with van der Waals surface area (Å²) in [5.74, 6) is -0.881. The molecule has 1 aliphatic rings. The highest BCUT2D eigenvalue weighted by Crippen LogP contribution is 2.38. The minimum atomic E-state index is -4.50. The predicted molar refractivity (Wildman–Crippen MR) is 187 cm³/mol. The Labute approximate surface area is 283 Å². The van der Waals surface area contributed by atoms with Crippen LogP contribution in [-0.2, 0) is 30.6 Å². The summed E-state index contributed by atoms with van der Waals surface area (Å²) in [5.41, 5.74) is 1.58. The average Bonchev–Trinajstić information content (AvgIpc) is 3.07. The zero-order valence-electron chi connectivity index (χ0n) is 27.6. The normalized spacial score (nSPS) is 18.7. The Morgan fingerprint density at radius 1 is 0.875 bits per heavy atom. The van der Waals surface area contributed by atoms with Crippen LogP contribution >= 0.6 is 0 Å². The van der Waals surface area contributed by atoms with Crippen molar-refractivity contribution in [2.45, 2.75) is 68.8 Å². The highest BCUT2D eigenvalue weighted by molar-refractivity contribution is 7.89. The van der Waals surface area contributed by atoms with Gasteiger partial charge in [-0.1, -0.05) is 129 Å². The smallest absolute Gasteiger partial charge is 0.408 e. The fraction of sp³-hybridized carbons (Fsp3) is 0.297. The number of piperidine rings is 1. The van der Waals surface area contributed by atoms with Crippen molar-refractivity contribution >= 4 is 40.7 Å². The van der Waals surface area contributed by atoms with E-state index in [0.717, 1.165) is 21.5 Å². The van der Waals surface area contributed by atoms with Crippen molar-refractivity contribution in [3.8, 4) is 0 Å². The number of aryl methyl sites for hydroxylation is 1. The van der Waals surface area contributed by atoms with E-state index in [1.165, 1.54) is 12.1 Å². The van der Waals surface area contributed by atoms with Gasteiger partial charge in [-0.3, -0.25) is 4.79 Å². The number of ether oxygens (including phenoxy) is 1. The third kappa shape index (κ3) is 7.24. The zero-order chi connectivity index (χ0) is 34.5. The lowest BCUT2D eigenvalue weighted by Gasteiger charge is -2.46. The van der Waals surface area contributed by atoms with Gasteiger partial charge in [-0.05, 0) is 40.0 Å². The molecule has 0 saturated carbocycles. The van der Waals surface area contributed by atoms with E-state index in [4.69, 9.17) is 9.16 Å². The summed E-state index contributed by atoms with van der Waals surface area (Å²) in [6, 6.07) is 32.2. The molecule has 1 fully saturated rings. The van der Waals surface area contributed by atoms with Gasteiger partial charge in [0, 0.05) is 6.42 Å². The fourth-order valence-corrected chi connectivity index (χ4v) is 12.5. The lowest BCUT2D eigenvalue weighted by Crippen LogP contribution is -2.69. The molecule has 4 aromatic carbocycles. The Kier molecular flexibility index (Phi) is 10.5. The molecule has 252 valence electrons. The molecule has 3 atom stereocenters. The second-order valence-electron chi connectivity index (χ2n) is 13.1. The van der Waals surface area contributed by atoms with Gasteiger partial charge in [-0.25, -0.2) is 17.5 Å². The van der Waals surface area contributed by atoms with Crippen LogP contribution in [0.4, 0.5) is 4.79 Å². The number of rotatable bonds is 10. The first-order valence-electron chi connectivity index (χ1n) is 15.9. The molecule has 0 bridgehead atoms. The molecule has 1 heterocycles. The SMILES string of the molecule is Cc1ccc(S(=O)(=O)N2C(=O)[C@H](NC(=O)OCc3ccccc3)C[C@H](O)[C@@H]2CO[Si](c2ccccc2)(c2ccccc2)C(C)(C)C)cc1. The standard InChI is InChI=1S/C37H42N2O7SSi/c1-27-20-22-29(23-21-27)47(43,44)39-33(34(40)24-32(35(39)41)38-36(42)45-25-28-14-8-5-9-15-28)26-46-48(37(2,3)4,30-16-10-6-11-17-30)31-18-12-7-13-19-31/h5-23,32-34,40H,24-26H2,1-4H3,(H,38,42)/t32-,33+,34+/m1/s1. The summed E-state index contributed by atoms with van der Waals surface area (Å²) < 4.78 is 41.6. The van der Waals surface area contributed by atoms with Gasteiger partial charge in [0.15, 0.2) is 0 Å². The molecule has 0 aromatic heterocycles. The molecule has 0 radical (unpaired) electrons. The summed E-state index contributed by atoms with van der Waals surface area (Å²) in [6.45, 7) is 7.77. The van der Waals surface area contributed by atoms with E-state index >= 15 is 0 Å². The Bertz CT molecular complexity index is 1760. The number of aliphatic hydroxyl groups excluding tert-OH is 1. The van der Waals surface area contributed by atoms with Crippen LogP contribution in [0.15, 0.2) is 120 Å². The maximum atomic E-state index is 14.3. The van der Waals surface area contributed by atoms with E-state index in [0.29, 0.717) is 4.31 Å². The summed E-state index contributed by atoms with van der Waals surface area (Å²) >= 11 is 0. The largest absolute Gasteiger partial charge is 0.445 e. The second kappa shape index (κ2) is 14.4. The first-order valence-corrected chi connectivity index (χ1v) is 19.2. The third-order valence-corrected chi connectivity index (χ3v) is 15.5. The van der Waals surface area contributed by atoms with Crippen molar-refractivity contribution in [3.63, 3.8) is 0 Å². The number of benzene rings is 4. The molecule has 1 saturated heterocycles. The van der Waals surface area contributed by atoms with Crippen LogP contribution in [0.3, 0.4) is 0 Å². The minimum absolute atomic E-state index is 0.0452. The maximum Gasteiger partial charge on any atom is 0.408 e. The van der Waals surface area contributed by atoms with Gasteiger partial charge in [0.05, 0.1) is 23.6 Å². The van der Waals surface area contributed by atoms with Crippen LogP contribution in [0.2, 0.25) is 5.04 Å². The van der Waals surface area contributed by atoms with Crippen molar-refractivity contribution in [3.05, 3.63) is 126 Å². The van der Waals surface area contributed by atoms with E-state index in [1.54, 1.807) is 36.4 Å².